The molecule has 0 radical (unpaired) electrons. The van der Waals surface area contributed by atoms with Crippen LogP contribution in [0.3, 0.4) is 0 Å². The zero-order valence-corrected chi connectivity index (χ0v) is 7.85. The molecule has 0 aliphatic heterocycles. The first-order valence-electron chi connectivity index (χ1n) is 3.58. The van der Waals surface area contributed by atoms with E-state index in [2.05, 4.69) is 10.3 Å². The third-order valence-electron chi connectivity index (χ3n) is 1.29. The van der Waals surface area contributed by atoms with E-state index in [1.807, 2.05) is 0 Å². The summed E-state index contributed by atoms with van der Waals surface area (Å²) in [7, 11) is 0. The fourth-order valence-corrected chi connectivity index (χ4v) is 1.43. The van der Waals surface area contributed by atoms with Gasteiger partial charge in [-0.1, -0.05) is 0 Å². The summed E-state index contributed by atoms with van der Waals surface area (Å²) < 4.78 is 0. The van der Waals surface area contributed by atoms with Gasteiger partial charge in [-0.15, -0.1) is 11.3 Å². The Kier molecular flexibility index (Phi) is 2.97. The van der Waals surface area contributed by atoms with Crippen molar-refractivity contribution in [3.63, 3.8) is 0 Å². The van der Waals surface area contributed by atoms with Crippen molar-refractivity contribution in [2.75, 3.05) is 0 Å². The Balaban J connectivity index is 2.59. The molecule has 13 heavy (non-hydrogen) atoms. The predicted octanol–water partition coefficient (Wildman–Crippen LogP) is -0.122. The molecule has 0 unspecified atom stereocenters. The Labute approximate surface area is 79.0 Å². The van der Waals surface area contributed by atoms with Gasteiger partial charge in [0.1, 0.15) is 10.7 Å². The summed E-state index contributed by atoms with van der Waals surface area (Å²) >= 11 is 1.29. The summed E-state index contributed by atoms with van der Waals surface area (Å²) in [5, 5.41) is 4.81. The number of nitrogens with one attached hydrogen (secondary N) is 1. The maximum Gasteiger partial charge on any atom is 0.268 e. The van der Waals surface area contributed by atoms with Crippen LogP contribution < -0.4 is 11.1 Å². The summed E-state index contributed by atoms with van der Waals surface area (Å²) in [6, 6.07) is 0. The molecular formula is C7H9N3O2S. The molecule has 0 fully saturated rings. The monoisotopic (exact) mass is 199 g/mol. The number of amides is 2. The van der Waals surface area contributed by atoms with Gasteiger partial charge in [0.25, 0.3) is 5.91 Å². The van der Waals surface area contributed by atoms with Crippen molar-refractivity contribution in [2.24, 2.45) is 5.73 Å². The first kappa shape index (κ1) is 9.66. The van der Waals surface area contributed by atoms with Crippen molar-refractivity contribution >= 4 is 23.2 Å². The van der Waals surface area contributed by atoms with Crippen molar-refractivity contribution in [1.82, 2.24) is 10.3 Å². The topological polar surface area (TPSA) is 85.1 Å². The van der Waals surface area contributed by atoms with E-state index >= 15 is 0 Å². The molecule has 0 aliphatic rings. The number of nitrogens with zero attached hydrogens (tertiary/aromatic N) is 1. The van der Waals surface area contributed by atoms with Crippen LogP contribution in [0.1, 0.15) is 22.4 Å². The Hall–Kier alpha value is -1.43. The number of thiazole rings is 1. The normalized spacial score (nSPS) is 9.62. The number of aromatic nitrogens is 1. The molecule has 0 aliphatic carbocycles. The lowest BCUT2D eigenvalue weighted by Crippen LogP contribution is -2.19. The quantitative estimate of drug-likeness (QED) is 0.711. The van der Waals surface area contributed by atoms with Crippen LogP contribution >= 0.6 is 11.3 Å². The minimum Gasteiger partial charge on any atom is -0.364 e. The lowest BCUT2D eigenvalue weighted by molar-refractivity contribution is -0.119. The molecular weight excluding hydrogens is 190 g/mol. The lowest BCUT2D eigenvalue weighted by atomic mass is 10.5. The number of primary amides is 1. The second kappa shape index (κ2) is 3.99. The molecule has 0 saturated heterocycles. The standard InChI is InChI=1S/C7H9N3O2S/c1-4(11)9-2-6-10-5(3-13-6)7(8)12/h3H,2H2,1H3,(H2,8,12)(H,9,11). The van der Waals surface area contributed by atoms with E-state index in [0.29, 0.717) is 11.6 Å². The molecule has 1 rings (SSSR count). The van der Waals surface area contributed by atoms with E-state index in [0.717, 1.165) is 0 Å². The van der Waals surface area contributed by atoms with Gasteiger partial charge in [0.15, 0.2) is 0 Å². The maximum absolute atomic E-state index is 10.6. The molecule has 2 amide bonds. The van der Waals surface area contributed by atoms with E-state index in [9.17, 15) is 9.59 Å². The average molecular weight is 199 g/mol. The van der Waals surface area contributed by atoms with Gasteiger partial charge >= 0.3 is 0 Å². The Morgan fingerprint density at radius 3 is 2.85 bits per heavy atom. The van der Waals surface area contributed by atoms with Crippen LogP contribution in [-0.4, -0.2) is 16.8 Å². The van der Waals surface area contributed by atoms with Gasteiger partial charge in [-0.05, 0) is 0 Å². The predicted molar refractivity (Wildman–Crippen MR) is 48.2 cm³/mol. The van der Waals surface area contributed by atoms with E-state index in [1.54, 1.807) is 5.38 Å². The highest BCUT2D eigenvalue weighted by atomic mass is 32.1. The highest BCUT2D eigenvalue weighted by Gasteiger charge is 2.06. The summed E-state index contributed by atoms with van der Waals surface area (Å²) in [6.45, 7) is 1.76. The molecule has 1 aromatic heterocycles. The van der Waals surface area contributed by atoms with Crippen LogP contribution in [0.4, 0.5) is 0 Å². The van der Waals surface area contributed by atoms with Gasteiger partial charge < -0.3 is 11.1 Å². The number of carbonyl (C=O) groups is 2. The fourth-order valence-electron chi connectivity index (χ4n) is 0.705. The van der Waals surface area contributed by atoms with Crippen molar-refractivity contribution in [3.8, 4) is 0 Å². The van der Waals surface area contributed by atoms with Gasteiger partial charge in [0.2, 0.25) is 5.91 Å². The van der Waals surface area contributed by atoms with E-state index in [1.165, 1.54) is 18.3 Å². The van der Waals surface area contributed by atoms with Gasteiger partial charge in [-0.3, -0.25) is 9.59 Å². The number of rotatable bonds is 3. The molecule has 1 aromatic rings. The molecule has 70 valence electrons. The van der Waals surface area contributed by atoms with E-state index in [-0.39, 0.29) is 11.6 Å². The Morgan fingerprint density at radius 2 is 2.38 bits per heavy atom. The molecule has 0 spiro atoms. The van der Waals surface area contributed by atoms with Crippen LogP contribution in [0.25, 0.3) is 0 Å². The van der Waals surface area contributed by atoms with Crippen molar-refractivity contribution in [2.45, 2.75) is 13.5 Å². The maximum atomic E-state index is 10.6. The smallest absolute Gasteiger partial charge is 0.268 e. The van der Waals surface area contributed by atoms with Crippen LogP contribution in [0.2, 0.25) is 0 Å². The second-order valence-electron chi connectivity index (χ2n) is 2.40. The molecule has 6 heteroatoms. The van der Waals surface area contributed by atoms with E-state index < -0.39 is 5.91 Å². The summed E-state index contributed by atoms with van der Waals surface area (Å²) in [5.41, 5.74) is 5.24. The third-order valence-corrected chi connectivity index (χ3v) is 2.14. The first-order chi connectivity index (χ1) is 6.09. The van der Waals surface area contributed by atoms with Crippen molar-refractivity contribution in [3.05, 3.63) is 16.1 Å². The number of hydrogen-bond donors (Lipinski definition) is 2. The third kappa shape index (κ3) is 2.83. The SMILES string of the molecule is CC(=O)NCc1nc(C(N)=O)cs1. The van der Waals surface area contributed by atoms with Gasteiger partial charge in [-0.25, -0.2) is 4.98 Å². The largest absolute Gasteiger partial charge is 0.364 e. The summed E-state index contributed by atoms with van der Waals surface area (Å²) in [4.78, 5) is 25.1. The van der Waals surface area contributed by atoms with E-state index in [4.69, 9.17) is 5.73 Å². The molecule has 5 nitrogen and oxygen atoms in total. The number of nitrogens with two attached hydrogens (primary N) is 1. The van der Waals surface area contributed by atoms with Crippen molar-refractivity contribution in [1.29, 1.82) is 0 Å². The molecule has 0 aromatic carbocycles. The Bertz CT molecular complexity index is 334. The highest BCUT2D eigenvalue weighted by molar-refractivity contribution is 7.09. The first-order valence-corrected chi connectivity index (χ1v) is 4.46. The minimum atomic E-state index is -0.551. The molecule has 0 bridgehead atoms. The average Bonchev–Trinajstić information content (AvgIpc) is 2.48. The zero-order chi connectivity index (χ0) is 9.84. The van der Waals surface area contributed by atoms with Crippen LogP contribution in [0, 0.1) is 0 Å². The van der Waals surface area contributed by atoms with Crippen molar-refractivity contribution < 1.29 is 9.59 Å². The molecule has 3 N–H and O–H groups in total. The van der Waals surface area contributed by atoms with Crippen LogP contribution in [0.15, 0.2) is 5.38 Å². The van der Waals surface area contributed by atoms with Gasteiger partial charge in [0, 0.05) is 12.3 Å². The fraction of sp³-hybridized carbons (Fsp3) is 0.286. The molecule has 0 saturated carbocycles. The number of carbonyl (C=O) groups excluding carboxylic acids is 2. The molecule has 1 heterocycles. The minimum absolute atomic E-state index is 0.129. The second-order valence-corrected chi connectivity index (χ2v) is 3.34. The van der Waals surface area contributed by atoms with Crippen LogP contribution in [0.5, 0.6) is 0 Å². The lowest BCUT2D eigenvalue weighted by Gasteiger charge is -1.95. The van der Waals surface area contributed by atoms with Crippen LogP contribution in [-0.2, 0) is 11.3 Å². The Morgan fingerprint density at radius 1 is 1.69 bits per heavy atom. The van der Waals surface area contributed by atoms with Gasteiger partial charge in [0.05, 0.1) is 6.54 Å². The summed E-state index contributed by atoms with van der Waals surface area (Å²) in [5.74, 6) is -0.679. The molecule has 0 atom stereocenters. The summed E-state index contributed by atoms with van der Waals surface area (Å²) in [6.07, 6.45) is 0. The zero-order valence-electron chi connectivity index (χ0n) is 7.03. The highest BCUT2D eigenvalue weighted by Crippen LogP contribution is 2.08. The number of hydrogen-bond acceptors (Lipinski definition) is 4. The van der Waals surface area contributed by atoms with Gasteiger partial charge in [-0.2, -0.15) is 0 Å².